The average molecular weight is 860 g/mol. The fourth-order valence-electron chi connectivity index (χ4n) is 6.71. The number of ether oxygens (including phenoxy) is 2. The first kappa shape index (κ1) is 48.5. The van der Waals surface area contributed by atoms with Gasteiger partial charge in [0.15, 0.2) is 0 Å². The maximum absolute atomic E-state index is 5.62. The van der Waals surface area contributed by atoms with E-state index in [-0.39, 0.29) is 7.43 Å². The van der Waals surface area contributed by atoms with Crippen LogP contribution in [0.25, 0.3) is 0 Å². The van der Waals surface area contributed by atoms with Crippen LogP contribution < -0.4 is 15.5 Å². The van der Waals surface area contributed by atoms with Gasteiger partial charge >= 0.3 is 0 Å². The molecule has 2 aliphatic rings. The molecule has 0 unspecified atom stereocenters. The van der Waals surface area contributed by atoms with Crippen molar-refractivity contribution in [2.75, 3.05) is 68.1 Å². The lowest BCUT2D eigenvalue weighted by Crippen LogP contribution is -2.36. The van der Waals surface area contributed by atoms with Gasteiger partial charge in [-0.2, -0.15) is 30.7 Å². The molecule has 0 aliphatic carbocycles. The highest BCUT2D eigenvalue weighted by molar-refractivity contribution is 5.54. The first-order valence-corrected chi connectivity index (χ1v) is 22.2. The molecule has 6 aromatic rings. The van der Waals surface area contributed by atoms with E-state index in [1.165, 1.54) is 48.2 Å². The number of azo groups is 3. The summed E-state index contributed by atoms with van der Waals surface area (Å²) in [5, 5.41) is 25.7. The molecule has 2 aliphatic heterocycles. The molecule has 0 radical (unpaired) electrons. The van der Waals surface area contributed by atoms with E-state index in [0.717, 1.165) is 105 Å². The first-order chi connectivity index (χ1) is 31.0. The van der Waals surface area contributed by atoms with Crippen molar-refractivity contribution >= 4 is 51.2 Å². The summed E-state index contributed by atoms with van der Waals surface area (Å²) in [7, 11) is 0. The number of rotatable bonds is 14. The van der Waals surface area contributed by atoms with Crippen LogP contribution in [0, 0.1) is 0 Å². The van der Waals surface area contributed by atoms with Crippen LogP contribution in [0.3, 0.4) is 0 Å². The molecule has 2 heterocycles. The van der Waals surface area contributed by atoms with E-state index in [1.54, 1.807) is 0 Å². The minimum Gasteiger partial charge on any atom is -0.399 e. The van der Waals surface area contributed by atoms with Crippen molar-refractivity contribution in [1.82, 2.24) is 0 Å². The van der Waals surface area contributed by atoms with Gasteiger partial charge in [-0.15, -0.1) is 0 Å². The largest absolute Gasteiger partial charge is 0.399 e. The van der Waals surface area contributed by atoms with Gasteiger partial charge in [-0.25, -0.2) is 0 Å². The monoisotopic (exact) mass is 860 g/mol. The van der Waals surface area contributed by atoms with E-state index in [0.29, 0.717) is 0 Å². The quantitative estimate of drug-likeness (QED) is 0.0862. The summed E-state index contributed by atoms with van der Waals surface area (Å²) in [6.07, 6.45) is 7.11. The number of morpholine rings is 2. The van der Waals surface area contributed by atoms with Crippen LogP contribution >= 0.6 is 0 Å². The Labute approximate surface area is 380 Å². The molecule has 0 bridgehead atoms. The normalized spacial score (nSPS) is 13.8. The van der Waals surface area contributed by atoms with Crippen LogP contribution in [0.5, 0.6) is 0 Å². The van der Waals surface area contributed by atoms with Gasteiger partial charge in [-0.1, -0.05) is 76.6 Å². The zero-order valence-electron chi connectivity index (χ0n) is 36.8. The molecule has 2 N–H and O–H groups in total. The fraction of sp³-hybridized carbons (Fsp3) is 0.321. The average Bonchev–Trinajstić information content (AvgIpc) is 3.36. The second-order valence-electron chi connectivity index (χ2n) is 15.3. The lowest BCUT2D eigenvalue weighted by atomic mass is 10.1. The maximum atomic E-state index is 5.62. The number of hydrogen-bond acceptors (Lipinski definition) is 11. The van der Waals surface area contributed by atoms with Crippen LogP contribution in [-0.4, -0.2) is 52.6 Å². The van der Waals surface area contributed by atoms with E-state index in [2.05, 4.69) is 115 Å². The third kappa shape index (κ3) is 17.0. The van der Waals surface area contributed by atoms with Crippen molar-refractivity contribution in [2.24, 2.45) is 30.7 Å². The number of unbranched alkanes of at least 4 members (excludes halogenated alkanes) is 2. The smallest absolute Gasteiger partial charge is 0.0858 e. The Balaban J connectivity index is 0.000000203. The summed E-state index contributed by atoms with van der Waals surface area (Å²) in [5.41, 5.74) is 16.5. The lowest BCUT2D eigenvalue weighted by Gasteiger charge is -2.28. The Kier molecular flexibility index (Phi) is 20.8. The predicted molar refractivity (Wildman–Crippen MR) is 266 cm³/mol. The molecule has 0 atom stereocenters. The van der Waals surface area contributed by atoms with Crippen molar-refractivity contribution in [1.29, 1.82) is 0 Å². The Morgan fingerprint density at radius 3 is 1.05 bits per heavy atom. The highest BCUT2D eigenvalue weighted by Gasteiger charge is 2.11. The first-order valence-electron chi connectivity index (χ1n) is 22.2. The van der Waals surface area contributed by atoms with Crippen molar-refractivity contribution in [3.05, 3.63) is 163 Å². The second kappa shape index (κ2) is 27.5. The molecule has 11 nitrogen and oxygen atoms in total. The summed E-state index contributed by atoms with van der Waals surface area (Å²) in [5.74, 6) is 0. The molecule has 8 rings (SSSR count). The maximum Gasteiger partial charge on any atom is 0.0858 e. The summed E-state index contributed by atoms with van der Waals surface area (Å²) in [4.78, 5) is 4.67. The number of nitrogens with two attached hydrogens (primary N) is 1. The van der Waals surface area contributed by atoms with Gasteiger partial charge in [0.05, 0.1) is 60.6 Å². The molecule has 0 spiro atoms. The number of hydrogen-bond donors (Lipinski definition) is 1. The molecule has 0 amide bonds. The molecule has 64 heavy (non-hydrogen) atoms. The van der Waals surface area contributed by atoms with Crippen LogP contribution in [0.15, 0.2) is 182 Å². The van der Waals surface area contributed by atoms with E-state index in [4.69, 9.17) is 15.2 Å². The number of para-hydroxylation sites is 1. The summed E-state index contributed by atoms with van der Waals surface area (Å²) in [6.45, 7) is 11.6. The number of benzene rings is 6. The minimum atomic E-state index is 0. The molecule has 0 saturated carbocycles. The standard InChI is InChI=1S/C26H29N5O.C16H19N3.C10H13NO.CH4/c1-2-3-4-21-5-7-22(8-6-21)27-28-23-9-11-24(12-10-23)29-30-25-13-15-26(16-14-25)31-17-19-32-20-18-31;1-2-3-4-13-5-9-15(10-6-13)18-19-16-11-7-14(17)8-12-16;1-2-4-10(5-3-1)11-6-8-12-9-7-11;/h5-16H,2-4,17-20H2,1H3;5-12H,2-4,17H2,1H3;1-5H,6-9H2;1H4. The number of aryl methyl sites for hydroxylation is 2. The zero-order chi connectivity index (χ0) is 43.7. The van der Waals surface area contributed by atoms with E-state index in [9.17, 15) is 0 Å². The fourth-order valence-corrected chi connectivity index (χ4v) is 6.71. The summed E-state index contributed by atoms with van der Waals surface area (Å²) < 4.78 is 10.7. The van der Waals surface area contributed by atoms with Gasteiger partial charge < -0.3 is 25.0 Å². The van der Waals surface area contributed by atoms with Crippen LogP contribution in [0.1, 0.15) is 58.1 Å². The number of anilines is 3. The molecular weight excluding hydrogens is 795 g/mol. The topological polar surface area (TPSA) is 125 Å². The molecule has 0 aromatic heterocycles. The molecule has 2 saturated heterocycles. The molecular formula is C53H65N9O2. The molecule has 11 heteroatoms. The van der Waals surface area contributed by atoms with Gasteiger partial charge in [-0.05, 0) is 146 Å². The van der Waals surface area contributed by atoms with Gasteiger partial charge in [0, 0.05) is 43.2 Å². The minimum absolute atomic E-state index is 0. The van der Waals surface area contributed by atoms with E-state index < -0.39 is 0 Å². The molecule has 2 fully saturated rings. The second-order valence-corrected chi connectivity index (χ2v) is 15.3. The van der Waals surface area contributed by atoms with Crippen molar-refractivity contribution in [3.63, 3.8) is 0 Å². The highest BCUT2D eigenvalue weighted by Crippen LogP contribution is 2.26. The molecule has 6 aromatic carbocycles. The summed E-state index contributed by atoms with van der Waals surface area (Å²) >= 11 is 0. The van der Waals surface area contributed by atoms with E-state index in [1.807, 2.05) is 91.0 Å². The Hall–Kier alpha value is -6.56. The Bertz CT molecular complexity index is 2250. The third-order valence-electron chi connectivity index (χ3n) is 10.5. The molecule has 334 valence electrons. The number of nitrogens with zero attached hydrogens (tertiary/aromatic N) is 8. The van der Waals surface area contributed by atoms with Gasteiger partial charge in [0.25, 0.3) is 0 Å². The van der Waals surface area contributed by atoms with Gasteiger partial charge in [0.2, 0.25) is 0 Å². The van der Waals surface area contributed by atoms with Crippen molar-refractivity contribution in [2.45, 2.75) is 59.8 Å². The van der Waals surface area contributed by atoms with E-state index >= 15 is 0 Å². The third-order valence-corrected chi connectivity index (χ3v) is 10.5. The number of nitrogen functional groups attached to an aromatic ring is 1. The Morgan fingerprint density at radius 2 is 0.703 bits per heavy atom. The van der Waals surface area contributed by atoms with Crippen molar-refractivity contribution < 1.29 is 9.47 Å². The van der Waals surface area contributed by atoms with Crippen LogP contribution in [0.4, 0.5) is 51.2 Å². The van der Waals surface area contributed by atoms with Gasteiger partial charge in [0.1, 0.15) is 0 Å². The van der Waals surface area contributed by atoms with Crippen LogP contribution in [0.2, 0.25) is 0 Å². The highest BCUT2D eigenvalue weighted by atomic mass is 16.5. The predicted octanol–water partition coefficient (Wildman–Crippen LogP) is 14.9. The lowest BCUT2D eigenvalue weighted by molar-refractivity contribution is 0.122. The van der Waals surface area contributed by atoms with Crippen LogP contribution in [-0.2, 0) is 22.3 Å². The zero-order valence-corrected chi connectivity index (χ0v) is 36.8. The SMILES string of the molecule is C.CCCCc1ccc(N=Nc2ccc(N)cc2)cc1.CCCCc1ccc(N=Nc2ccc(N=Nc3ccc(N4CCOCC4)cc3)cc2)cc1.c1ccc(N2CCOCC2)cc1. The Morgan fingerprint density at radius 1 is 0.406 bits per heavy atom. The van der Waals surface area contributed by atoms with Gasteiger partial charge in [-0.3, -0.25) is 0 Å². The van der Waals surface area contributed by atoms with Crippen molar-refractivity contribution in [3.8, 4) is 0 Å². The summed E-state index contributed by atoms with van der Waals surface area (Å²) in [6, 6.07) is 50.1.